The van der Waals surface area contributed by atoms with Crippen LogP contribution in [0.4, 0.5) is 5.69 Å². The number of nitrogens with one attached hydrogen (secondary N) is 2. The van der Waals surface area contributed by atoms with Gasteiger partial charge in [0.05, 0.1) is 28.4 Å². The fourth-order valence-corrected chi connectivity index (χ4v) is 4.05. The summed E-state index contributed by atoms with van der Waals surface area (Å²) < 4.78 is 32.6. The molecule has 3 rings (SSSR count). The number of anilines is 1. The molecular weight excluding hydrogens is 413 g/mol. The van der Waals surface area contributed by atoms with E-state index in [1.54, 1.807) is 24.3 Å². The minimum absolute atomic E-state index is 0.0246. The van der Waals surface area contributed by atoms with Crippen LogP contribution in [-0.2, 0) is 16.6 Å². The van der Waals surface area contributed by atoms with E-state index in [0.29, 0.717) is 11.4 Å². The average molecular weight is 426 g/mol. The van der Waals surface area contributed by atoms with Crippen molar-refractivity contribution in [3.8, 4) is 0 Å². The van der Waals surface area contributed by atoms with Gasteiger partial charge in [-0.2, -0.15) is 0 Å². The normalized spacial score (nSPS) is 11.3. The van der Waals surface area contributed by atoms with Crippen molar-refractivity contribution in [2.24, 2.45) is 0 Å². The molecule has 27 heavy (non-hydrogen) atoms. The minimum Gasteiger partial charge on any atom is -0.468 e. The molecule has 3 aromatic rings. The maximum absolute atomic E-state index is 12.6. The van der Waals surface area contributed by atoms with E-state index < -0.39 is 15.9 Å². The number of pyridine rings is 1. The van der Waals surface area contributed by atoms with Gasteiger partial charge in [-0.15, -0.1) is 0 Å². The molecule has 2 N–H and O–H groups in total. The molecule has 0 unspecified atom stereocenters. The van der Waals surface area contributed by atoms with E-state index >= 15 is 0 Å². The first-order chi connectivity index (χ1) is 12.9. The highest BCUT2D eigenvalue weighted by Crippen LogP contribution is 2.29. The quantitative estimate of drug-likeness (QED) is 0.626. The Morgan fingerprint density at radius 1 is 1.11 bits per heavy atom. The van der Waals surface area contributed by atoms with Crippen LogP contribution in [0.25, 0.3) is 0 Å². The van der Waals surface area contributed by atoms with Gasteiger partial charge in [0.15, 0.2) is 0 Å². The molecule has 0 bridgehead atoms. The van der Waals surface area contributed by atoms with Gasteiger partial charge in [0.25, 0.3) is 5.91 Å². The van der Waals surface area contributed by atoms with Crippen LogP contribution in [0, 0.1) is 0 Å². The van der Waals surface area contributed by atoms with Gasteiger partial charge < -0.3 is 9.73 Å². The van der Waals surface area contributed by atoms with Crippen LogP contribution in [0.2, 0.25) is 10.0 Å². The standard InChI is InChI=1S/C17H13Cl2N3O4S/c18-14-9-15(19)16(27(24,25)21-10-12-2-1-7-26-12)8-13(14)17(23)22-11-3-5-20-6-4-11/h1-9,21H,10H2,(H,20,22,23). The molecule has 0 saturated heterocycles. The van der Waals surface area contributed by atoms with Crippen LogP contribution in [0.1, 0.15) is 16.1 Å². The lowest BCUT2D eigenvalue weighted by Gasteiger charge is -2.12. The maximum atomic E-state index is 12.6. The highest BCUT2D eigenvalue weighted by Gasteiger charge is 2.23. The summed E-state index contributed by atoms with van der Waals surface area (Å²) in [4.78, 5) is 16.1. The zero-order valence-corrected chi connectivity index (χ0v) is 16.0. The Bertz CT molecular complexity index is 1060. The number of halogens is 2. The summed E-state index contributed by atoms with van der Waals surface area (Å²) in [5.41, 5.74) is 0.456. The number of hydrogen-bond donors (Lipinski definition) is 2. The lowest BCUT2D eigenvalue weighted by atomic mass is 10.2. The molecular formula is C17H13Cl2N3O4S. The molecule has 0 fully saturated rings. The third-order valence-electron chi connectivity index (χ3n) is 3.51. The molecule has 0 aliphatic rings. The monoisotopic (exact) mass is 425 g/mol. The first kappa shape index (κ1) is 19.4. The smallest absolute Gasteiger partial charge is 0.257 e. The van der Waals surface area contributed by atoms with Crippen molar-refractivity contribution in [1.82, 2.24) is 9.71 Å². The minimum atomic E-state index is -4.00. The van der Waals surface area contributed by atoms with Crippen molar-refractivity contribution >= 4 is 44.8 Å². The number of rotatable bonds is 6. The van der Waals surface area contributed by atoms with Crippen molar-refractivity contribution in [1.29, 1.82) is 0 Å². The molecule has 0 aliphatic heterocycles. The Kier molecular flexibility index (Phi) is 5.81. The van der Waals surface area contributed by atoms with Crippen molar-refractivity contribution in [3.05, 3.63) is 76.4 Å². The first-order valence-corrected chi connectivity index (χ1v) is 9.83. The number of sulfonamides is 1. The molecule has 0 atom stereocenters. The zero-order chi connectivity index (χ0) is 19.4. The molecule has 7 nitrogen and oxygen atoms in total. The average Bonchev–Trinajstić information content (AvgIpc) is 3.14. The lowest BCUT2D eigenvalue weighted by molar-refractivity contribution is 0.102. The fourth-order valence-electron chi connectivity index (χ4n) is 2.20. The Balaban J connectivity index is 1.87. The summed E-state index contributed by atoms with van der Waals surface area (Å²) in [5, 5.41) is 2.54. The van der Waals surface area contributed by atoms with Crippen molar-refractivity contribution in [2.75, 3.05) is 5.32 Å². The SMILES string of the molecule is O=C(Nc1ccncc1)c1cc(S(=O)(=O)NCc2ccco2)c(Cl)cc1Cl. The van der Waals surface area contributed by atoms with Crippen LogP contribution < -0.4 is 10.0 Å². The summed E-state index contributed by atoms with van der Waals surface area (Å²) >= 11 is 12.1. The van der Waals surface area contributed by atoms with Gasteiger partial charge in [0.1, 0.15) is 10.7 Å². The Labute approximate surface area is 165 Å². The predicted octanol–water partition coefficient (Wildman–Crippen LogP) is 3.71. The molecule has 0 radical (unpaired) electrons. The molecule has 2 heterocycles. The number of aromatic nitrogens is 1. The third-order valence-corrected chi connectivity index (χ3v) is 5.69. The molecule has 0 saturated carbocycles. The Hall–Kier alpha value is -2.39. The summed E-state index contributed by atoms with van der Waals surface area (Å²) in [6.45, 7) is -0.0627. The molecule has 0 aliphatic carbocycles. The molecule has 2 aromatic heterocycles. The summed E-state index contributed by atoms with van der Waals surface area (Å²) in [6, 6.07) is 8.78. The van der Waals surface area contributed by atoms with Gasteiger partial charge in [-0.1, -0.05) is 23.2 Å². The second kappa shape index (κ2) is 8.10. The maximum Gasteiger partial charge on any atom is 0.257 e. The van der Waals surface area contributed by atoms with Gasteiger partial charge in [-0.3, -0.25) is 9.78 Å². The second-order valence-corrected chi connectivity index (χ2v) is 7.91. The number of carbonyl (C=O) groups excluding carboxylic acids is 1. The van der Waals surface area contributed by atoms with E-state index in [9.17, 15) is 13.2 Å². The summed E-state index contributed by atoms with van der Waals surface area (Å²) in [6.07, 6.45) is 4.45. The van der Waals surface area contributed by atoms with Crippen molar-refractivity contribution in [2.45, 2.75) is 11.4 Å². The molecule has 10 heteroatoms. The van der Waals surface area contributed by atoms with E-state index in [0.717, 1.165) is 6.07 Å². The third kappa shape index (κ3) is 4.67. The number of nitrogens with zero attached hydrogens (tertiary/aromatic N) is 1. The second-order valence-electron chi connectivity index (χ2n) is 5.36. The van der Waals surface area contributed by atoms with E-state index in [1.807, 2.05) is 0 Å². The zero-order valence-electron chi connectivity index (χ0n) is 13.6. The number of hydrogen-bond acceptors (Lipinski definition) is 5. The Morgan fingerprint density at radius 2 is 1.85 bits per heavy atom. The summed E-state index contributed by atoms with van der Waals surface area (Å²) in [7, 11) is -4.00. The van der Waals surface area contributed by atoms with E-state index in [-0.39, 0.29) is 27.0 Å². The van der Waals surface area contributed by atoms with E-state index in [1.165, 1.54) is 24.7 Å². The van der Waals surface area contributed by atoms with E-state index in [4.69, 9.17) is 27.6 Å². The van der Waals surface area contributed by atoms with Gasteiger partial charge >= 0.3 is 0 Å². The van der Waals surface area contributed by atoms with Crippen LogP contribution in [0.15, 0.2) is 64.4 Å². The highest BCUT2D eigenvalue weighted by atomic mass is 35.5. The number of furan rings is 1. The summed E-state index contributed by atoms with van der Waals surface area (Å²) in [5.74, 6) is -0.148. The van der Waals surface area contributed by atoms with Crippen molar-refractivity contribution < 1.29 is 17.6 Å². The molecule has 1 amide bonds. The van der Waals surface area contributed by atoms with Crippen LogP contribution >= 0.6 is 23.2 Å². The number of amides is 1. The number of benzene rings is 1. The molecule has 0 spiro atoms. The van der Waals surface area contributed by atoms with Gasteiger partial charge in [-0.05, 0) is 36.4 Å². The highest BCUT2D eigenvalue weighted by molar-refractivity contribution is 7.89. The molecule has 140 valence electrons. The van der Waals surface area contributed by atoms with Crippen LogP contribution in [0.3, 0.4) is 0 Å². The number of carbonyl (C=O) groups is 1. The lowest BCUT2D eigenvalue weighted by Crippen LogP contribution is -2.24. The van der Waals surface area contributed by atoms with Gasteiger partial charge in [0, 0.05) is 18.1 Å². The Morgan fingerprint density at radius 3 is 2.52 bits per heavy atom. The van der Waals surface area contributed by atoms with Gasteiger partial charge in [0.2, 0.25) is 10.0 Å². The van der Waals surface area contributed by atoms with Crippen LogP contribution in [-0.4, -0.2) is 19.3 Å². The van der Waals surface area contributed by atoms with Crippen molar-refractivity contribution in [3.63, 3.8) is 0 Å². The topological polar surface area (TPSA) is 101 Å². The van der Waals surface area contributed by atoms with E-state index in [2.05, 4.69) is 15.0 Å². The first-order valence-electron chi connectivity index (χ1n) is 7.59. The fraction of sp³-hybridized carbons (Fsp3) is 0.0588. The largest absolute Gasteiger partial charge is 0.468 e. The van der Waals surface area contributed by atoms with Crippen LogP contribution in [0.5, 0.6) is 0 Å². The van der Waals surface area contributed by atoms with Gasteiger partial charge in [-0.25, -0.2) is 13.1 Å². The predicted molar refractivity (Wildman–Crippen MR) is 101 cm³/mol. The molecule has 1 aromatic carbocycles.